The molecule has 4 N–H and O–H groups in total. The Bertz CT molecular complexity index is 1380. The van der Waals surface area contributed by atoms with E-state index in [2.05, 4.69) is 0 Å². The van der Waals surface area contributed by atoms with Crippen LogP contribution < -0.4 is 0 Å². The number of thiol groups is 1. The van der Waals surface area contributed by atoms with Crippen molar-refractivity contribution in [1.82, 2.24) is 0 Å². The van der Waals surface area contributed by atoms with Gasteiger partial charge in [0.25, 0.3) is 0 Å². The summed E-state index contributed by atoms with van der Waals surface area (Å²) in [5.41, 5.74) is -1.17. The Kier molecular flexibility index (Phi) is 10.0. The van der Waals surface area contributed by atoms with Gasteiger partial charge < -0.3 is 29.9 Å². The lowest BCUT2D eigenvalue weighted by atomic mass is 9.20. The molecule has 0 aromatic rings. The van der Waals surface area contributed by atoms with Crippen LogP contribution in [-0.2, 0) is 19.1 Å². The Morgan fingerprint density at radius 1 is 1.02 bits per heavy atom. The molecule has 0 saturated heterocycles. The van der Waals surface area contributed by atoms with Gasteiger partial charge in [-0.25, -0.2) is 4.79 Å². The zero-order valence-corrected chi connectivity index (χ0v) is 29.2. The van der Waals surface area contributed by atoms with Gasteiger partial charge in [-0.2, -0.15) is 12.6 Å². The Morgan fingerprint density at radius 2 is 1.67 bits per heavy atom. The van der Waals surface area contributed by atoms with Gasteiger partial charge >= 0.3 is 11.9 Å². The van der Waals surface area contributed by atoms with Crippen molar-refractivity contribution in [3.05, 3.63) is 23.3 Å². The minimum atomic E-state index is -1.85. The van der Waals surface area contributed by atoms with Gasteiger partial charge in [0.15, 0.2) is 0 Å². The summed E-state index contributed by atoms with van der Waals surface area (Å²) in [7, 11) is 41.6. The molecule has 12 radical (unpaired) electrons. The molecular weight excluding hydrogens is 621 g/mol. The number of rotatable bonds is 6. The highest BCUT2D eigenvalue weighted by molar-refractivity contribution is 7.83. The Morgan fingerprint density at radius 3 is 2.27 bits per heavy atom. The number of fused-ring (bicyclic) bond motifs is 7. The smallest absolute Gasteiger partial charge is 0.333 e. The number of hydrogen-bond donors (Lipinski definition) is 5. The molecule has 5 aliphatic carbocycles. The number of carbonyl (C=O) groups excluding carboxylic acids is 2. The molecule has 0 heterocycles. The van der Waals surface area contributed by atoms with E-state index in [4.69, 9.17) is 69.2 Å². The first kappa shape index (κ1) is 38.2. The maximum absolute atomic E-state index is 13.0. The Hall–Kier alpha value is -1.00. The van der Waals surface area contributed by atoms with Crippen LogP contribution in [0.15, 0.2) is 23.3 Å². The van der Waals surface area contributed by atoms with Crippen molar-refractivity contribution in [3.63, 3.8) is 0 Å². The minimum absolute atomic E-state index is 0.104. The summed E-state index contributed by atoms with van der Waals surface area (Å²) in [5.74, 6) is -3.84. The highest BCUT2D eigenvalue weighted by Crippen LogP contribution is 2.81. The SMILES string of the molecule is [B]C1([B])C2CC[C@]3([B])C(CC=C4C5C[C@@]([B])(S)[C@@H](OC(=O)/C(C)=C\C)[C@H](O)[C@]5(COC(=O)C(C)CC)[C@H](O)[C@H](O)[C@]43[B])[C@@]2([B])CC[C@@H]1O. The first-order valence-corrected chi connectivity index (χ1v) is 17.5. The molecule has 4 saturated carbocycles. The highest BCUT2D eigenvalue weighted by Gasteiger charge is 2.75. The van der Waals surface area contributed by atoms with Gasteiger partial charge in [-0.3, -0.25) is 4.79 Å². The van der Waals surface area contributed by atoms with E-state index in [1.165, 1.54) is 13.0 Å². The zero-order valence-electron chi connectivity index (χ0n) is 28.3. The van der Waals surface area contributed by atoms with E-state index in [0.717, 1.165) is 0 Å². The first-order chi connectivity index (χ1) is 22.1. The summed E-state index contributed by atoms with van der Waals surface area (Å²) in [6.07, 6.45) is -2.77. The number of allylic oxidation sites excluding steroid dienone is 2. The molecule has 4 unspecified atom stereocenters. The normalized spacial score (nSPS) is 48.8. The maximum atomic E-state index is 13.0. The summed E-state index contributed by atoms with van der Waals surface area (Å²) in [5, 5.41) is 41.8. The predicted octanol–water partition coefficient (Wildman–Crippen LogP) is 1.30. The molecule has 15 heteroatoms. The van der Waals surface area contributed by atoms with Gasteiger partial charge in [0.05, 0.1) is 70.6 Å². The van der Waals surface area contributed by atoms with Gasteiger partial charge in [-0.05, 0) is 56.7 Å². The van der Waals surface area contributed by atoms with Gasteiger partial charge in [-0.15, -0.1) is 0 Å². The van der Waals surface area contributed by atoms with Crippen molar-refractivity contribution in [2.45, 2.75) is 129 Å². The fourth-order valence-corrected chi connectivity index (χ4v) is 10.3. The topological polar surface area (TPSA) is 134 Å². The number of hydrogen-bond acceptors (Lipinski definition) is 9. The Balaban J connectivity index is 1.65. The summed E-state index contributed by atoms with van der Waals surface area (Å²) in [4.78, 5) is 26.0. The van der Waals surface area contributed by atoms with Crippen molar-refractivity contribution in [1.29, 1.82) is 0 Å². The third kappa shape index (κ3) is 5.15. The lowest BCUT2D eigenvalue weighted by molar-refractivity contribution is -0.240. The second-order valence-corrected chi connectivity index (χ2v) is 16.4. The van der Waals surface area contributed by atoms with Crippen LogP contribution in [0.3, 0.4) is 0 Å². The van der Waals surface area contributed by atoms with Gasteiger partial charge in [0.2, 0.25) is 0 Å². The molecule has 0 aromatic carbocycles. The van der Waals surface area contributed by atoms with Crippen molar-refractivity contribution in [3.8, 4) is 0 Å². The van der Waals surface area contributed by atoms with E-state index in [9.17, 15) is 30.0 Å². The van der Waals surface area contributed by atoms with Gasteiger partial charge in [0.1, 0.15) is 18.8 Å². The standard InChI is InChI=1S/C33H44B6O8S/c1-5-15(3)26(44)46-14-28-18(13-31(36,48)25(24(28)43)47-27(45)16(4)6-2)17-7-8-19-29(34)11-10-21(40)33(38,39)20(29)9-12-30(19,35)32(17,37)23(42)22(28)41/h6-7,15,18-25,40-43,48H,5,8-14H2,1-4H3/b16-6-/t15?,18?,19?,20?,21-,22+,23-,24-,25-,28-,29-,30-,31+,32+/m0/s1. The second-order valence-electron chi connectivity index (χ2n) is 15.5. The average Bonchev–Trinajstić information content (AvgIpc) is 3.03. The molecule has 48 heavy (non-hydrogen) atoms. The monoisotopic (exact) mass is 666 g/mol. The molecule has 0 amide bonds. The van der Waals surface area contributed by atoms with E-state index in [0.29, 0.717) is 24.8 Å². The lowest BCUT2D eigenvalue weighted by Gasteiger charge is -2.74. The summed E-state index contributed by atoms with van der Waals surface area (Å²) in [6.45, 7) is 6.16. The molecule has 5 rings (SSSR count). The molecule has 0 aromatic heterocycles. The highest BCUT2D eigenvalue weighted by atomic mass is 32.1. The summed E-state index contributed by atoms with van der Waals surface area (Å²) in [6, 6.07) is 0. The quantitative estimate of drug-likeness (QED) is 0.0944. The molecule has 0 aliphatic heterocycles. The molecular formula is C33H44B6O8S. The lowest BCUT2D eigenvalue weighted by Crippen LogP contribution is -2.75. The average molecular weight is 666 g/mol. The Labute approximate surface area is 298 Å². The molecule has 248 valence electrons. The van der Waals surface area contributed by atoms with Crippen molar-refractivity contribution in [2.24, 2.45) is 29.1 Å². The van der Waals surface area contributed by atoms with Crippen molar-refractivity contribution >= 4 is 71.6 Å². The molecule has 8 nitrogen and oxygen atoms in total. The molecule has 4 fully saturated rings. The van der Waals surface area contributed by atoms with Crippen molar-refractivity contribution in [2.75, 3.05) is 6.61 Å². The van der Waals surface area contributed by atoms with Crippen LogP contribution in [0.2, 0.25) is 21.2 Å². The largest absolute Gasteiger partial charge is 0.465 e. The van der Waals surface area contributed by atoms with Crippen LogP contribution in [0, 0.1) is 29.1 Å². The molecule has 14 atom stereocenters. The maximum Gasteiger partial charge on any atom is 0.333 e. The van der Waals surface area contributed by atoms with E-state index in [1.54, 1.807) is 13.8 Å². The van der Waals surface area contributed by atoms with E-state index < -0.39 is 104 Å². The first-order valence-electron chi connectivity index (χ1n) is 17.0. The minimum Gasteiger partial charge on any atom is -0.465 e. The predicted molar refractivity (Wildman–Crippen MR) is 189 cm³/mol. The number of aliphatic hydroxyl groups excluding tert-OH is 4. The summed E-state index contributed by atoms with van der Waals surface area (Å²) < 4.78 is 9.86. The van der Waals surface area contributed by atoms with Gasteiger partial charge in [0, 0.05) is 16.3 Å². The zero-order chi connectivity index (χ0) is 36.0. The van der Waals surface area contributed by atoms with E-state index in [1.807, 2.05) is 13.0 Å². The molecule has 0 spiro atoms. The number of carbonyl (C=O) groups is 2. The van der Waals surface area contributed by atoms with Crippen LogP contribution in [0.1, 0.15) is 72.6 Å². The van der Waals surface area contributed by atoms with Crippen LogP contribution in [0.25, 0.3) is 0 Å². The number of aliphatic hydroxyl groups is 4. The second kappa shape index (κ2) is 12.6. The van der Waals surface area contributed by atoms with Crippen LogP contribution in [0.4, 0.5) is 0 Å². The molecule has 5 aliphatic rings. The summed E-state index contributed by atoms with van der Waals surface area (Å²) >= 11 is 4.70. The van der Waals surface area contributed by atoms with Crippen molar-refractivity contribution < 1.29 is 39.5 Å². The third-order valence-corrected chi connectivity index (χ3v) is 13.7. The molecule has 0 bridgehead atoms. The van der Waals surface area contributed by atoms with Crippen LogP contribution >= 0.6 is 12.6 Å². The van der Waals surface area contributed by atoms with Crippen LogP contribution in [-0.4, -0.2) is 121 Å². The third-order valence-electron chi connectivity index (χ3n) is 13.3. The number of ether oxygens (including phenoxy) is 2. The number of esters is 2. The van der Waals surface area contributed by atoms with Gasteiger partial charge in [-0.1, -0.05) is 72.6 Å². The van der Waals surface area contributed by atoms with E-state index >= 15 is 0 Å². The van der Waals surface area contributed by atoms with Crippen LogP contribution in [0.5, 0.6) is 0 Å². The fraction of sp³-hybridized carbons (Fsp3) is 0.818. The fourth-order valence-electron chi connectivity index (χ4n) is 9.95. The van der Waals surface area contributed by atoms with E-state index in [-0.39, 0.29) is 31.3 Å².